The van der Waals surface area contributed by atoms with Crippen LogP contribution in [0.3, 0.4) is 0 Å². The van der Waals surface area contributed by atoms with Gasteiger partial charge < -0.3 is 10.4 Å². The van der Waals surface area contributed by atoms with Crippen molar-refractivity contribution in [3.8, 4) is 23.6 Å². The number of carbonyl (C=O) groups excluding carboxylic acids is 1. The first kappa shape index (κ1) is 17.1. The second-order valence-electron chi connectivity index (χ2n) is 5.07. The number of carboxylic acids is 1. The first-order chi connectivity index (χ1) is 12.5. The van der Waals surface area contributed by atoms with Crippen LogP contribution in [-0.2, 0) is 0 Å². The van der Waals surface area contributed by atoms with Crippen molar-refractivity contribution in [2.45, 2.75) is 0 Å². The molecule has 0 aliphatic heterocycles. The third-order valence-corrected chi connectivity index (χ3v) is 3.75. The van der Waals surface area contributed by atoms with E-state index in [4.69, 9.17) is 18.0 Å². The predicted molar refractivity (Wildman–Crippen MR) is 93.9 cm³/mol. The Kier molecular flexibility index (Phi) is 4.64. The minimum absolute atomic E-state index is 0.00536. The number of benzene rings is 1. The molecule has 8 nitrogen and oxygen atoms in total. The van der Waals surface area contributed by atoms with Crippen molar-refractivity contribution in [2.75, 3.05) is 5.32 Å². The molecule has 1 aromatic carbocycles. The summed E-state index contributed by atoms with van der Waals surface area (Å²) in [6, 6.07) is 5.56. The molecule has 3 aromatic rings. The van der Waals surface area contributed by atoms with Crippen LogP contribution in [0.4, 0.5) is 5.69 Å². The van der Waals surface area contributed by atoms with Gasteiger partial charge in [0.25, 0.3) is 5.91 Å². The summed E-state index contributed by atoms with van der Waals surface area (Å²) in [7, 11) is 0. The molecule has 0 aliphatic rings. The average Bonchev–Trinajstić information content (AvgIpc) is 3.17. The van der Waals surface area contributed by atoms with Gasteiger partial charge in [-0.2, -0.15) is 5.10 Å². The number of H-pyrrole nitrogens is 1. The standard InChI is InChI=1S/C17H10ClN5O3/c1-2-9-5-15(11(17(25)26)6-12(9)18)21-16(24)14-4-3-13(22-23-14)10-7-19-20-8-10/h1,3-8H,(H,19,20)(H,21,24)(H,25,26). The van der Waals surface area contributed by atoms with Crippen LogP contribution in [0.15, 0.2) is 36.7 Å². The van der Waals surface area contributed by atoms with E-state index in [9.17, 15) is 14.7 Å². The van der Waals surface area contributed by atoms with Crippen LogP contribution >= 0.6 is 11.6 Å². The number of aromatic carboxylic acids is 1. The molecule has 0 saturated heterocycles. The molecular formula is C17H10ClN5O3. The SMILES string of the molecule is C#Cc1cc(NC(=O)c2ccc(-c3cn[nH]c3)nn2)c(C(=O)O)cc1Cl. The molecule has 0 spiro atoms. The summed E-state index contributed by atoms with van der Waals surface area (Å²) < 4.78 is 0. The number of nitrogens with one attached hydrogen (secondary N) is 2. The Balaban J connectivity index is 1.88. The Morgan fingerprint density at radius 2 is 2.08 bits per heavy atom. The van der Waals surface area contributed by atoms with Gasteiger partial charge in [-0.05, 0) is 24.3 Å². The molecule has 128 valence electrons. The lowest BCUT2D eigenvalue weighted by Crippen LogP contribution is -2.17. The fraction of sp³-hybridized carbons (Fsp3) is 0. The van der Waals surface area contributed by atoms with E-state index in [-0.39, 0.29) is 27.5 Å². The molecule has 0 atom stereocenters. The molecule has 0 bridgehead atoms. The number of nitrogens with zero attached hydrogens (tertiary/aromatic N) is 3. The number of halogens is 1. The van der Waals surface area contributed by atoms with Gasteiger partial charge in [-0.1, -0.05) is 17.5 Å². The topological polar surface area (TPSA) is 121 Å². The van der Waals surface area contributed by atoms with Gasteiger partial charge in [-0.15, -0.1) is 16.6 Å². The fourth-order valence-corrected chi connectivity index (χ4v) is 2.37. The predicted octanol–water partition coefficient (Wildman–Crippen LogP) is 2.45. The van der Waals surface area contributed by atoms with Gasteiger partial charge in [0, 0.05) is 17.3 Å². The van der Waals surface area contributed by atoms with Crippen LogP contribution < -0.4 is 5.32 Å². The zero-order valence-corrected chi connectivity index (χ0v) is 13.8. The maximum absolute atomic E-state index is 12.4. The molecule has 0 fully saturated rings. The number of rotatable bonds is 4. The lowest BCUT2D eigenvalue weighted by atomic mass is 10.1. The minimum Gasteiger partial charge on any atom is -0.478 e. The molecule has 1 amide bonds. The van der Waals surface area contributed by atoms with Gasteiger partial charge in [0.1, 0.15) is 0 Å². The molecule has 3 N–H and O–H groups in total. The summed E-state index contributed by atoms with van der Waals surface area (Å²) in [5.41, 5.74) is 1.33. The van der Waals surface area contributed by atoms with Crippen molar-refractivity contribution in [1.82, 2.24) is 20.4 Å². The second kappa shape index (κ2) is 7.04. The molecule has 0 saturated carbocycles. The Hall–Kier alpha value is -3.70. The maximum Gasteiger partial charge on any atom is 0.337 e. The van der Waals surface area contributed by atoms with Gasteiger partial charge in [-0.3, -0.25) is 9.89 Å². The van der Waals surface area contributed by atoms with E-state index >= 15 is 0 Å². The second-order valence-corrected chi connectivity index (χ2v) is 5.48. The summed E-state index contributed by atoms with van der Waals surface area (Å²) >= 11 is 5.92. The Labute approximate surface area is 152 Å². The van der Waals surface area contributed by atoms with Crippen LogP contribution in [-0.4, -0.2) is 37.4 Å². The van der Waals surface area contributed by atoms with Crippen LogP contribution in [0.25, 0.3) is 11.3 Å². The zero-order valence-electron chi connectivity index (χ0n) is 13.0. The van der Waals surface area contributed by atoms with E-state index < -0.39 is 11.9 Å². The lowest BCUT2D eigenvalue weighted by molar-refractivity contribution is 0.0698. The maximum atomic E-state index is 12.4. The van der Waals surface area contributed by atoms with Gasteiger partial charge >= 0.3 is 5.97 Å². The van der Waals surface area contributed by atoms with Crippen molar-refractivity contribution in [1.29, 1.82) is 0 Å². The number of aromatic nitrogens is 4. The van der Waals surface area contributed by atoms with Crippen LogP contribution in [0.5, 0.6) is 0 Å². The molecule has 0 unspecified atom stereocenters. The highest BCUT2D eigenvalue weighted by Gasteiger charge is 2.17. The molecule has 0 aliphatic carbocycles. The number of terminal acetylenes is 1. The van der Waals surface area contributed by atoms with Gasteiger partial charge in [0.15, 0.2) is 5.69 Å². The smallest absolute Gasteiger partial charge is 0.337 e. The third kappa shape index (κ3) is 3.38. The van der Waals surface area contributed by atoms with Crippen molar-refractivity contribution >= 4 is 29.2 Å². The van der Waals surface area contributed by atoms with E-state index in [1.807, 2.05) is 0 Å². The highest BCUT2D eigenvalue weighted by Crippen LogP contribution is 2.25. The normalized spacial score (nSPS) is 10.2. The van der Waals surface area contributed by atoms with E-state index in [2.05, 4.69) is 31.6 Å². The molecule has 9 heteroatoms. The summed E-state index contributed by atoms with van der Waals surface area (Å²) in [4.78, 5) is 23.7. The first-order valence-electron chi connectivity index (χ1n) is 7.17. The number of hydrogen-bond donors (Lipinski definition) is 3. The molecule has 2 aromatic heterocycles. The van der Waals surface area contributed by atoms with Crippen LogP contribution in [0.1, 0.15) is 26.4 Å². The highest BCUT2D eigenvalue weighted by atomic mass is 35.5. The summed E-state index contributed by atoms with van der Waals surface area (Å²) in [6.07, 6.45) is 8.53. The number of carboxylic acid groups (broad SMARTS) is 1. The van der Waals surface area contributed by atoms with Gasteiger partial charge in [0.2, 0.25) is 0 Å². The van der Waals surface area contributed by atoms with Gasteiger partial charge in [0.05, 0.1) is 28.2 Å². The molecule has 3 rings (SSSR count). The zero-order chi connectivity index (χ0) is 18.7. The van der Waals surface area contributed by atoms with E-state index in [1.165, 1.54) is 18.2 Å². The van der Waals surface area contributed by atoms with Gasteiger partial charge in [-0.25, -0.2) is 4.79 Å². The number of amides is 1. The third-order valence-electron chi connectivity index (χ3n) is 3.43. The monoisotopic (exact) mass is 367 g/mol. The van der Waals surface area contributed by atoms with E-state index in [0.717, 1.165) is 0 Å². The molecule has 26 heavy (non-hydrogen) atoms. The summed E-state index contributed by atoms with van der Waals surface area (Å²) in [5, 5.41) is 26.1. The summed E-state index contributed by atoms with van der Waals surface area (Å²) in [6.45, 7) is 0. The number of hydrogen-bond acceptors (Lipinski definition) is 5. The summed E-state index contributed by atoms with van der Waals surface area (Å²) in [5.74, 6) is 0.432. The van der Waals surface area contributed by atoms with E-state index in [1.54, 1.807) is 18.5 Å². The first-order valence-corrected chi connectivity index (χ1v) is 7.55. The Morgan fingerprint density at radius 3 is 2.65 bits per heavy atom. The molecular weight excluding hydrogens is 358 g/mol. The highest BCUT2D eigenvalue weighted by molar-refractivity contribution is 6.32. The van der Waals surface area contributed by atoms with Crippen molar-refractivity contribution in [3.63, 3.8) is 0 Å². The Bertz CT molecular complexity index is 1020. The molecule has 0 radical (unpaired) electrons. The lowest BCUT2D eigenvalue weighted by Gasteiger charge is -2.10. The van der Waals surface area contributed by atoms with E-state index in [0.29, 0.717) is 11.3 Å². The molecule has 2 heterocycles. The largest absolute Gasteiger partial charge is 0.478 e. The van der Waals surface area contributed by atoms with Crippen LogP contribution in [0, 0.1) is 12.3 Å². The van der Waals surface area contributed by atoms with Crippen molar-refractivity contribution in [3.05, 3.63) is 58.5 Å². The average molecular weight is 368 g/mol. The Morgan fingerprint density at radius 1 is 1.27 bits per heavy atom. The minimum atomic E-state index is -1.26. The van der Waals surface area contributed by atoms with Crippen molar-refractivity contribution in [2.24, 2.45) is 0 Å². The quantitative estimate of drug-likeness (QED) is 0.609. The fourth-order valence-electron chi connectivity index (χ4n) is 2.15. The number of anilines is 1. The van der Waals surface area contributed by atoms with Crippen molar-refractivity contribution < 1.29 is 14.7 Å². The number of carbonyl (C=O) groups is 2. The number of aromatic amines is 1. The van der Waals surface area contributed by atoms with Crippen LogP contribution in [0.2, 0.25) is 5.02 Å².